The van der Waals surface area contributed by atoms with Crippen molar-refractivity contribution in [1.82, 2.24) is 0 Å². The summed E-state index contributed by atoms with van der Waals surface area (Å²) < 4.78 is 0. The highest BCUT2D eigenvalue weighted by atomic mass is 32.2. The van der Waals surface area contributed by atoms with Gasteiger partial charge in [0.25, 0.3) is 0 Å². The molecule has 0 nitrogen and oxygen atoms in total. The lowest BCUT2D eigenvalue weighted by molar-refractivity contribution is 1.31. The number of hydrogen-bond donors (Lipinski definition) is 0. The molecule has 1 aromatic rings. The highest BCUT2D eigenvalue weighted by molar-refractivity contribution is 7.98. The molecule has 0 heterocycles. The maximum Gasteiger partial charge on any atom is 0.0548 e. The second kappa shape index (κ2) is 4.90. The molecule has 1 aromatic carbocycles. The maximum atomic E-state index is 5.16. The smallest absolute Gasteiger partial charge is 0.0548 e. The first kappa shape index (κ1) is 9.22. The number of aryl methyl sites for hydroxylation is 1. The summed E-state index contributed by atoms with van der Waals surface area (Å²) in [6.07, 6.45) is 5.16. The van der Waals surface area contributed by atoms with Crippen LogP contribution in [0.15, 0.2) is 24.3 Å². The zero-order chi connectivity index (χ0) is 8.81. The molecule has 0 spiro atoms. The summed E-state index contributed by atoms with van der Waals surface area (Å²) >= 11 is 1.78. The summed E-state index contributed by atoms with van der Waals surface area (Å²) in [6, 6.07) is 8.41. The molecule has 0 atom stereocenters. The molecule has 1 heteroatoms. The largest absolute Gasteiger partial charge is 0.144 e. The van der Waals surface area contributed by atoms with Crippen LogP contribution in [0.1, 0.15) is 11.1 Å². The second-order valence-corrected chi connectivity index (χ2v) is 3.61. The molecule has 0 radical (unpaired) electrons. The predicted octanol–water partition coefficient (Wildman–Crippen LogP) is 2.86. The van der Waals surface area contributed by atoms with Crippen molar-refractivity contribution in [2.24, 2.45) is 0 Å². The molecule has 0 aliphatic rings. The van der Waals surface area contributed by atoms with Gasteiger partial charge in [0.05, 0.1) is 5.75 Å². The molecular weight excluding hydrogens is 164 g/mol. The molecule has 0 aliphatic carbocycles. The molecular formula is C11H12S. The molecule has 0 fully saturated rings. The molecule has 62 valence electrons. The van der Waals surface area contributed by atoms with Gasteiger partial charge < -0.3 is 0 Å². The van der Waals surface area contributed by atoms with Crippen LogP contribution >= 0.6 is 11.8 Å². The van der Waals surface area contributed by atoms with E-state index in [0.717, 1.165) is 11.5 Å². The van der Waals surface area contributed by atoms with E-state index in [4.69, 9.17) is 6.42 Å². The Hall–Kier alpha value is -0.870. The van der Waals surface area contributed by atoms with Gasteiger partial charge in [-0.25, -0.2) is 0 Å². The first-order chi connectivity index (χ1) is 5.84. The Morgan fingerprint density at radius 2 is 2.17 bits per heavy atom. The minimum atomic E-state index is 0.800. The van der Waals surface area contributed by atoms with E-state index in [1.54, 1.807) is 11.8 Å². The van der Waals surface area contributed by atoms with Gasteiger partial charge in [-0.2, -0.15) is 0 Å². The van der Waals surface area contributed by atoms with E-state index >= 15 is 0 Å². The van der Waals surface area contributed by atoms with E-state index in [1.807, 2.05) is 0 Å². The van der Waals surface area contributed by atoms with E-state index in [-0.39, 0.29) is 0 Å². The van der Waals surface area contributed by atoms with Crippen LogP contribution in [-0.2, 0) is 5.75 Å². The van der Waals surface area contributed by atoms with Gasteiger partial charge in [-0.3, -0.25) is 0 Å². The summed E-state index contributed by atoms with van der Waals surface area (Å²) in [7, 11) is 0. The van der Waals surface area contributed by atoms with Crippen LogP contribution in [0.5, 0.6) is 0 Å². The van der Waals surface area contributed by atoms with Crippen molar-refractivity contribution in [1.29, 1.82) is 0 Å². The van der Waals surface area contributed by atoms with E-state index in [2.05, 4.69) is 37.1 Å². The van der Waals surface area contributed by atoms with Crippen LogP contribution in [-0.4, -0.2) is 5.75 Å². The molecule has 0 amide bonds. The van der Waals surface area contributed by atoms with Crippen LogP contribution in [0.2, 0.25) is 0 Å². The zero-order valence-corrected chi connectivity index (χ0v) is 8.03. The molecule has 0 saturated heterocycles. The third-order valence-electron chi connectivity index (χ3n) is 1.70. The Bertz CT molecular complexity index is 283. The number of thioether (sulfide) groups is 1. The third kappa shape index (κ3) is 2.64. The topological polar surface area (TPSA) is 0 Å². The minimum absolute atomic E-state index is 0.800. The molecule has 1 rings (SSSR count). The first-order valence-corrected chi connectivity index (χ1v) is 5.06. The quantitative estimate of drug-likeness (QED) is 0.504. The molecule has 0 aliphatic heterocycles. The van der Waals surface area contributed by atoms with Crippen LogP contribution in [0.3, 0.4) is 0 Å². The number of rotatable bonds is 3. The highest BCUT2D eigenvalue weighted by Crippen LogP contribution is 2.14. The molecule has 0 N–H and O–H groups in total. The van der Waals surface area contributed by atoms with Crippen molar-refractivity contribution < 1.29 is 0 Å². The van der Waals surface area contributed by atoms with Crippen LogP contribution in [0.4, 0.5) is 0 Å². The Morgan fingerprint density at radius 1 is 1.42 bits per heavy atom. The highest BCUT2D eigenvalue weighted by Gasteiger charge is 1.94. The number of benzene rings is 1. The Kier molecular flexibility index (Phi) is 3.76. The lowest BCUT2D eigenvalue weighted by Gasteiger charge is -2.02. The van der Waals surface area contributed by atoms with Gasteiger partial charge >= 0.3 is 0 Å². The fourth-order valence-electron chi connectivity index (χ4n) is 0.992. The van der Waals surface area contributed by atoms with Gasteiger partial charge in [0, 0.05) is 5.75 Å². The van der Waals surface area contributed by atoms with Gasteiger partial charge in [0.2, 0.25) is 0 Å². The second-order valence-electron chi connectivity index (χ2n) is 2.62. The van der Waals surface area contributed by atoms with E-state index in [1.165, 1.54) is 11.1 Å². The van der Waals surface area contributed by atoms with Gasteiger partial charge in [0.15, 0.2) is 0 Å². The van der Waals surface area contributed by atoms with E-state index in [0.29, 0.717) is 0 Å². The van der Waals surface area contributed by atoms with Gasteiger partial charge in [-0.1, -0.05) is 30.2 Å². The van der Waals surface area contributed by atoms with Crippen molar-refractivity contribution in [3.63, 3.8) is 0 Å². The Labute approximate surface area is 78.4 Å². The fraction of sp³-hybridized carbons (Fsp3) is 0.273. The Morgan fingerprint density at radius 3 is 2.83 bits per heavy atom. The Balaban J connectivity index is 2.53. The van der Waals surface area contributed by atoms with Crippen molar-refractivity contribution in [3.05, 3.63) is 35.4 Å². The van der Waals surface area contributed by atoms with Crippen molar-refractivity contribution in [2.75, 3.05) is 5.75 Å². The summed E-state index contributed by atoms with van der Waals surface area (Å²) in [5.41, 5.74) is 2.74. The SMILES string of the molecule is C#CCSCc1ccccc1C. The van der Waals surface area contributed by atoms with Crippen molar-refractivity contribution in [2.45, 2.75) is 12.7 Å². The normalized spacial score (nSPS) is 9.33. The van der Waals surface area contributed by atoms with E-state index < -0.39 is 0 Å². The monoisotopic (exact) mass is 176 g/mol. The van der Waals surface area contributed by atoms with Gasteiger partial charge in [-0.05, 0) is 18.1 Å². The molecule has 0 saturated carbocycles. The third-order valence-corrected chi connectivity index (χ3v) is 2.59. The summed E-state index contributed by atoms with van der Waals surface area (Å²) in [6.45, 7) is 2.13. The molecule has 0 bridgehead atoms. The van der Waals surface area contributed by atoms with Gasteiger partial charge in [0.1, 0.15) is 0 Å². The summed E-state index contributed by atoms with van der Waals surface area (Å²) in [5.74, 6) is 4.44. The average Bonchev–Trinajstić information content (AvgIpc) is 2.09. The summed E-state index contributed by atoms with van der Waals surface area (Å²) in [5, 5.41) is 0. The predicted molar refractivity (Wildman–Crippen MR) is 56.2 cm³/mol. The lowest BCUT2D eigenvalue weighted by atomic mass is 10.1. The zero-order valence-electron chi connectivity index (χ0n) is 7.21. The average molecular weight is 176 g/mol. The van der Waals surface area contributed by atoms with Crippen molar-refractivity contribution >= 4 is 11.8 Å². The first-order valence-electron chi connectivity index (χ1n) is 3.90. The fourth-order valence-corrected chi connectivity index (χ4v) is 1.76. The van der Waals surface area contributed by atoms with Crippen LogP contribution in [0.25, 0.3) is 0 Å². The number of hydrogen-bond acceptors (Lipinski definition) is 1. The van der Waals surface area contributed by atoms with Gasteiger partial charge in [-0.15, -0.1) is 18.2 Å². The van der Waals surface area contributed by atoms with E-state index in [9.17, 15) is 0 Å². The molecule has 0 aromatic heterocycles. The molecule has 0 unspecified atom stereocenters. The standard InChI is InChI=1S/C11H12S/c1-3-8-12-9-11-7-5-4-6-10(11)2/h1,4-7H,8-9H2,2H3. The van der Waals surface area contributed by atoms with Crippen molar-refractivity contribution in [3.8, 4) is 12.3 Å². The number of terminal acetylenes is 1. The maximum absolute atomic E-state index is 5.16. The molecule has 12 heavy (non-hydrogen) atoms. The summed E-state index contributed by atoms with van der Waals surface area (Å²) in [4.78, 5) is 0. The lowest BCUT2D eigenvalue weighted by Crippen LogP contribution is -1.85. The van der Waals surface area contributed by atoms with Crippen LogP contribution in [0, 0.1) is 19.3 Å². The minimum Gasteiger partial charge on any atom is -0.144 e. The van der Waals surface area contributed by atoms with Crippen LogP contribution < -0.4 is 0 Å².